The van der Waals surface area contributed by atoms with Gasteiger partial charge in [0.1, 0.15) is 5.78 Å². The quantitative estimate of drug-likeness (QED) is 0.604. The van der Waals surface area contributed by atoms with E-state index < -0.39 is 0 Å². The third-order valence-electron chi connectivity index (χ3n) is 4.55. The van der Waals surface area contributed by atoms with Crippen molar-refractivity contribution >= 4 is 11.7 Å². The minimum atomic E-state index is -0.0942. The number of nitrogens with one attached hydrogen (secondary N) is 2. The Kier molecular flexibility index (Phi) is 5.54. The Balaban J connectivity index is 1.85. The summed E-state index contributed by atoms with van der Waals surface area (Å²) in [5.74, 6) is 0.593. The van der Waals surface area contributed by atoms with Crippen LogP contribution in [0.3, 0.4) is 0 Å². The Morgan fingerprint density at radius 1 is 1.15 bits per heavy atom. The van der Waals surface area contributed by atoms with E-state index in [4.69, 9.17) is 4.84 Å². The van der Waals surface area contributed by atoms with Crippen LogP contribution in [0.15, 0.2) is 0 Å². The summed E-state index contributed by atoms with van der Waals surface area (Å²) >= 11 is 0. The standard InChI is InChI=1S/C15H26N2O3/c1-10-3-4-12(8-13(7-10)11(2)18)15(19)17-20-14-5-6-16-9-14/h10,12-14,16H,3-9H2,1-2H3,(H,17,19). The van der Waals surface area contributed by atoms with E-state index in [2.05, 4.69) is 17.7 Å². The lowest BCUT2D eigenvalue weighted by Gasteiger charge is -2.19. The van der Waals surface area contributed by atoms with Crippen LogP contribution in [-0.4, -0.2) is 30.9 Å². The second-order valence-corrected chi connectivity index (χ2v) is 6.36. The molecule has 20 heavy (non-hydrogen) atoms. The lowest BCUT2D eigenvalue weighted by atomic mass is 9.89. The van der Waals surface area contributed by atoms with Gasteiger partial charge < -0.3 is 5.32 Å². The molecule has 1 saturated carbocycles. The molecule has 0 bridgehead atoms. The van der Waals surface area contributed by atoms with E-state index in [1.807, 2.05) is 0 Å². The summed E-state index contributed by atoms with van der Waals surface area (Å²) in [4.78, 5) is 29.3. The number of carbonyl (C=O) groups is 2. The number of Topliss-reactive ketones (excluding diaryl/α,β-unsaturated/α-hetero) is 1. The lowest BCUT2D eigenvalue weighted by Crippen LogP contribution is -2.36. The van der Waals surface area contributed by atoms with Gasteiger partial charge in [0.2, 0.25) is 5.91 Å². The highest BCUT2D eigenvalue weighted by Crippen LogP contribution is 2.32. The molecule has 2 rings (SSSR count). The van der Waals surface area contributed by atoms with Crippen molar-refractivity contribution in [3.8, 4) is 0 Å². The van der Waals surface area contributed by atoms with Crippen LogP contribution in [0.4, 0.5) is 0 Å². The van der Waals surface area contributed by atoms with Gasteiger partial charge in [0.15, 0.2) is 0 Å². The highest BCUT2D eigenvalue weighted by molar-refractivity contribution is 5.81. The molecule has 1 aliphatic carbocycles. The first kappa shape index (κ1) is 15.4. The Morgan fingerprint density at radius 3 is 2.60 bits per heavy atom. The van der Waals surface area contributed by atoms with Crippen LogP contribution in [0, 0.1) is 17.8 Å². The van der Waals surface area contributed by atoms with Gasteiger partial charge in [0.25, 0.3) is 0 Å². The summed E-state index contributed by atoms with van der Waals surface area (Å²) in [6, 6.07) is 0. The van der Waals surface area contributed by atoms with E-state index in [9.17, 15) is 9.59 Å². The van der Waals surface area contributed by atoms with Crippen molar-refractivity contribution in [2.45, 2.75) is 52.1 Å². The van der Waals surface area contributed by atoms with Crippen molar-refractivity contribution in [3.05, 3.63) is 0 Å². The maximum absolute atomic E-state index is 12.2. The normalized spacial score (nSPS) is 34.5. The van der Waals surface area contributed by atoms with Gasteiger partial charge in [-0.05, 0) is 51.5 Å². The maximum Gasteiger partial charge on any atom is 0.246 e. The Hall–Kier alpha value is -0.940. The molecule has 0 aromatic heterocycles. The number of amides is 1. The van der Waals surface area contributed by atoms with Crippen LogP contribution in [0.1, 0.15) is 46.0 Å². The minimum Gasteiger partial charge on any atom is -0.314 e. The van der Waals surface area contributed by atoms with Crippen molar-refractivity contribution in [3.63, 3.8) is 0 Å². The summed E-state index contributed by atoms with van der Waals surface area (Å²) in [5.41, 5.74) is 2.61. The average molecular weight is 282 g/mol. The molecule has 1 amide bonds. The SMILES string of the molecule is CC(=O)C1CC(C)CCC(C(=O)NOC2CCNC2)C1. The number of hydrogen-bond donors (Lipinski definition) is 2. The third-order valence-corrected chi connectivity index (χ3v) is 4.55. The fourth-order valence-corrected chi connectivity index (χ4v) is 3.17. The zero-order chi connectivity index (χ0) is 14.5. The van der Waals surface area contributed by atoms with Crippen LogP contribution in [0.25, 0.3) is 0 Å². The average Bonchev–Trinajstić information content (AvgIpc) is 2.84. The second kappa shape index (κ2) is 7.18. The molecular formula is C15H26N2O3. The van der Waals surface area contributed by atoms with Gasteiger partial charge in [-0.2, -0.15) is 0 Å². The number of carbonyl (C=O) groups excluding carboxylic acids is 2. The monoisotopic (exact) mass is 282 g/mol. The predicted molar refractivity (Wildman–Crippen MR) is 75.8 cm³/mol. The van der Waals surface area contributed by atoms with E-state index in [1.54, 1.807) is 6.92 Å². The van der Waals surface area contributed by atoms with Gasteiger partial charge in [-0.15, -0.1) is 0 Å². The third kappa shape index (κ3) is 4.28. The molecule has 0 radical (unpaired) electrons. The predicted octanol–water partition coefficient (Wildman–Crippen LogP) is 1.43. The fourth-order valence-electron chi connectivity index (χ4n) is 3.17. The van der Waals surface area contributed by atoms with Gasteiger partial charge in [-0.1, -0.05) is 6.92 Å². The van der Waals surface area contributed by atoms with E-state index in [1.165, 1.54) is 0 Å². The van der Waals surface area contributed by atoms with Crippen molar-refractivity contribution in [1.82, 2.24) is 10.8 Å². The van der Waals surface area contributed by atoms with Crippen molar-refractivity contribution in [2.75, 3.05) is 13.1 Å². The molecule has 2 N–H and O–H groups in total. The van der Waals surface area contributed by atoms with Crippen molar-refractivity contribution in [1.29, 1.82) is 0 Å². The first-order valence-electron chi connectivity index (χ1n) is 7.73. The van der Waals surface area contributed by atoms with Crippen LogP contribution in [0.5, 0.6) is 0 Å². The number of rotatable bonds is 4. The summed E-state index contributed by atoms with van der Waals surface area (Å²) < 4.78 is 0. The second-order valence-electron chi connectivity index (χ2n) is 6.36. The van der Waals surface area contributed by atoms with Crippen LogP contribution >= 0.6 is 0 Å². The molecule has 0 spiro atoms. The molecule has 4 unspecified atom stereocenters. The number of hydrogen-bond acceptors (Lipinski definition) is 4. The number of hydroxylamine groups is 1. The van der Waals surface area contributed by atoms with E-state index >= 15 is 0 Å². The van der Waals surface area contributed by atoms with Crippen LogP contribution in [0.2, 0.25) is 0 Å². The molecule has 1 heterocycles. The Bertz CT molecular complexity index is 353. The zero-order valence-electron chi connectivity index (χ0n) is 12.5. The highest BCUT2D eigenvalue weighted by atomic mass is 16.7. The van der Waals surface area contributed by atoms with E-state index in [0.717, 1.165) is 38.8 Å². The fraction of sp³-hybridized carbons (Fsp3) is 0.867. The molecule has 114 valence electrons. The van der Waals surface area contributed by atoms with Crippen molar-refractivity contribution < 1.29 is 14.4 Å². The molecule has 4 atom stereocenters. The van der Waals surface area contributed by atoms with E-state index in [-0.39, 0.29) is 29.6 Å². The van der Waals surface area contributed by atoms with Gasteiger partial charge >= 0.3 is 0 Å². The van der Waals surface area contributed by atoms with Gasteiger partial charge in [0.05, 0.1) is 6.10 Å². The topological polar surface area (TPSA) is 67.4 Å². The minimum absolute atomic E-state index is 0.0244. The molecule has 1 saturated heterocycles. The summed E-state index contributed by atoms with van der Waals surface area (Å²) in [5, 5.41) is 3.19. The molecule has 0 aromatic carbocycles. The van der Waals surface area contributed by atoms with Gasteiger partial charge in [0, 0.05) is 18.4 Å². The van der Waals surface area contributed by atoms with Crippen molar-refractivity contribution in [2.24, 2.45) is 17.8 Å². The molecule has 2 aliphatic rings. The summed E-state index contributed by atoms with van der Waals surface area (Å²) in [6.45, 7) is 5.53. The molecule has 1 aliphatic heterocycles. The molecule has 5 heteroatoms. The molecule has 2 fully saturated rings. The van der Waals surface area contributed by atoms with Gasteiger partial charge in [-0.25, -0.2) is 5.48 Å². The Morgan fingerprint density at radius 2 is 1.95 bits per heavy atom. The van der Waals surface area contributed by atoms with Crippen LogP contribution < -0.4 is 10.8 Å². The molecule has 5 nitrogen and oxygen atoms in total. The molecule has 0 aromatic rings. The molecular weight excluding hydrogens is 256 g/mol. The zero-order valence-corrected chi connectivity index (χ0v) is 12.5. The number of ketones is 1. The largest absolute Gasteiger partial charge is 0.314 e. The van der Waals surface area contributed by atoms with Crippen LogP contribution in [-0.2, 0) is 14.4 Å². The lowest BCUT2D eigenvalue weighted by molar-refractivity contribution is -0.142. The summed E-state index contributed by atoms with van der Waals surface area (Å²) in [7, 11) is 0. The smallest absolute Gasteiger partial charge is 0.246 e. The maximum atomic E-state index is 12.2. The first-order valence-corrected chi connectivity index (χ1v) is 7.73. The van der Waals surface area contributed by atoms with Gasteiger partial charge in [-0.3, -0.25) is 14.4 Å². The first-order chi connectivity index (χ1) is 9.56. The summed E-state index contributed by atoms with van der Waals surface area (Å²) in [6.07, 6.45) is 4.44. The Labute approximate surface area is 120 Å². The van der Waals surface area contributed by atoms with E-state index in [0.29, 0.717) is 12.3 Å². The highest BCUT2D eigenvalue weighted by Gasteiger charge is 2.31.